The van der Waals surface area contributed by atoms with Crippen LogP contribution in [0.3, 0.4) is 0 Å². The summed E-state index contributed by atoms with van der Waals surface area (Å²) in [5, 5.41) is 6.85. The maximum Gasteiger partial charge on any atom is 0.226 e. The van der Waals surface area contributed by atoms with E-state index in [0.29, 0.717) is 23.9 Å². The molecule has 6 aliphatic rings. The second-order valence-corrected chi connectivity index (χ2v) is 12.7. The van der Waals surface area contributed by atoms with Gasteiger partial charge < -0.3 is 10.6 Å². The highest BCUT2D eigenvalue weighted by Crippen LogP contribution is 2.65. The topological polar surface area (TPSA) is 58.2 Å². The molecule has 28 heavy (non-hydrogen) atoms. The SMILES string of the molecule is O=C(NC1CCSCC1)C12CC3CC(C1)CC(C(=O)NC1CCSCC1)(C3)C2. The quantitative estimate of drug-likeness (QED) is 0.727. The van der Waals surface area contributed by atoms with Crippen molar-refractivity contribution in [3.63, 3.8) is 0 Å². The van der Waals surface area contributed by atoms with E-state index in [1.807, 2.05) is 23.5 Å². The van der Waals surface area contributed by atoms with Crippen molar-refractivity contribution < 1.29 is 9.59 Å². The summed E-state index contributed by atoms with van der Waals surface area (Å²) in [7, 11) is 0. The van der Waals surface area contributed by atoms with Crippen molar-refractivity contribution in [1.29, 1.82) is 0 Å². The predicted octanol–water partition coefficient (Wildman–Crippen LogP) is 3.60. The molecule has 2 heterocycles. The van der Waals surface area contributed by atoms with Crippen LogP contribution in [0.2, 0.25) is 0 Å². The van der Waals surface area contributed by atoms with Gasteiger partial charge in [0.2, 0.25) is 11.8 Å². The Balaban J connectivity index is 1.31. The summed E-state index contributed by atoms with van der Waals surface area (Å²) in [6.07, 6.45) is 10.5. The molecule has 2 saturated heterocycles. The Kier molecular flexibility index (Phi) is 5.40. The van der Waals surface area contributed by atoms with Gasteiger partial charge >= 0.3 is 0 Å². The molecule has 2 N–H and O–H groups in total. The summed E-state index contributed by atoms with van der Waals surface area (Å²) in [6, 6.07) is 0.706. The Morgan fingerprint density at radius 1 is 0.679 bits per heavy atom. The lowest BCUT2D eigenvalue weighted by atomic mass is 9.43. The smallest absolute Gasteiger partial charge is 0.226 e. The van der Waals surface area contributed by atoms with E-state index in [2.05, 4.69) is 10.6 Å². The molecule has 0 radical (unpaired) electrons. The largest absolute Gasteiger partial charge is 0.353 e. The minimum absolute atomic E-state index is 0.269. The molecule has 2 aliphatic heterocycles. The van der Waals surface area contributed by atoms with Crippen molar-refractivity contribution in [2.45, 2.75) is 76.3 Å². The Morgan fingerprint density at radius 2 is 1.07 bits per heavy atom. The highest BCUT2D eigenvalue weighted by atomic mass is 32.2. The van der Waals surface area contributed by atoms with Crippen LogP contribution in [-0.4, -0.2) is 46.9 Å². The molecule has 4 saturated carbocycles. The maximum atomic E-state index is 13.5. The van der Waals surface area contributed by atoms with E-state index in [9.17, 15) is 9.59 Å². The molecule has 6 heteroatoms. The lowest BCUT2D eigenvalue weighted by Gasteiger charge is -2.60. The molecule has 4 aliphatic carbocycles. The second kappa shape index (κ2) is 7.72. The Morgan fingerprint density at radius 3 is 1.46 bits per heavy atom. The number of thioether (sulfide) groups is 2. The van der Waals surface area contributed by atoms with Crippen LogP contribution >= 0.6 is 23.5 Å². The van der Waals surface area contributed by atoms with Gasteiger partial charge in [-0.05, 0) is 99.1 Å². The van der Waals surface area contributed by atoms with Crippen molar-refractivity contribution in [1.82, 2.24) is 10.6 Å². The van der Waals surface area contributed by atoms with Crippen LogP contribution in [-0.2, 0) is 9.59 Å². The molecular weight excluding hydrogens is 388 g/mol. The zero-order chi connectivity index (χ0) is 19.2. The standard InChI is InChI=1S/C22H34N2O2S2/c25-19(23-17-1-5-27-6-2-17)21-10-15-9-16(11-21)13-22(12-15,14-21)20(26)24-18-3-7-28-8-4-18/h15-18H,1-14H2,(H,23,25)(H,24,26). The van der Waals surface area contributed by atoms with Gasteiger partial charge in [-0.25, -0.2) is 0 Å². The first kappa shape index (κ1) is 19.6. The molecule has 6 fully saturated rings. The number of hydrogen-bond acceptors (Lipinski definition) is 4. The average Bonchev–Trinajstić information content (AvgIpc) is 2.68. The van der Waals surface area contributed by atoms with E-state index >= 15 is 0 Å². The predicted molar refractivity (Wildman–Crippen MR) is 117 cm³/mol. The number of nitrogens with one attached hydrogen (secondary N) is 2. The first-order chi connectivity index (χ1) is 13.6. The third-order valence-electron chi connectivity index (χ3n) is 8.14. The van der Waals surface area contributed by atoms with E-state index in [-0.39, 0.29) is 22.6 Å². The monoisotopic (exact) mass is 422 g/mol. The highest BCUT2D eigenvalue weighted by molar-refractivity contribution is 7.99. The molecule has 6 rings (SSSR count). The fourth-order valence-electron chi connectivity index (χ4n) is 7.15. The van der Waals surface area contributed by atoms with E-state index in [4.69, 9.17) is 0 Å². The van der Waals surface area contributed by atoms with Crippen molar-refractivity contribution in [3.8, 4) is 0 Å². The number of rotatable bonds is 4. The zero-order valence-corrected chi connectivity index (χ0v) is 18.5. The van der Waals surface area contributed by atoms with Gasteiger partial charge in [0, 0.05) is 12.1 Å². The van der Waals surface area contributed by atoms with Gasteiger partial charge in [-0.3, -0.25) is 9.59 Å². The van der Waals surface area contributed by atoms with Gasteiger partial charge in [0.25, 0.3) is 0 Å². The fourth-order valence-corrected chi connectivity index (χ4v) is 9.37. The van der Waals surface area contributed by atoms with Crippen LogP contribution < -0.4 is 10.6 Å². The van der Waals surface area contributed by atoms with Crippen molar-refractivity contribution >= 4 is 35.3 Å². The Hall–Kier alpha value is -0.360. The maximum absolute atomic E-state index is 13.5. The van der Waals surface area contributed by atoms with Gasteiger partial charge in [-0.15, -0.1) is 0 Å². The van der Waals surface area contributed by atoms with Gasteiger partial charge in [0.05, 0.1) is 10.8 Å². The first-order valence-corrected chi connectivity index (χ1v) is 13.7. The van der Waals surface area contributed by atoms with Crippen LogP contribution in [0.5, 0.6) is 0 Å². The lowest BCUT2D eigenvalue weighted by Crippen LogP contribution is -2.62. The molecule has 4 bridgehead atoms. The van der Waals surface area contributed by atoms with Crippen molar-refractivity contribution in [2.24, 2.45) is 22.7 Å². The van der Waals surface area contributed by atoms with E-state index in [0.717, 1.165) is 80.8 Å². The van der Waals surface area contributed by atoms with Crippen LogP contribution in [0.4, 0.5) is 0 Å². The second-order valence-electron chi connectivity index (χ2n) is 10.2. The molecule has 0 atom stereocenters. The summed E-state index contributed by atoms with van der Waals surface area (Å²) in [4.78, 5) is 26.9. The minimum atomic E-state index is -0.269. The molecule has 0 aromatic heterocycles. The number of carbonyl (C=O) groups excluding carboxylic acids is 2. The van der Waals surface area contributed by atoms with Crippen molar-refractivity contribution in [3.05, 3.63) is 0 Å². The molecule has 0 aromatic carbocycles. The molecular formula is C22H34N2O2S2. The molecule has 0 aromatic rings. The Labute approximate surface area is 177 Å². The average molecular weight is 423 g/mol. The first-order valence-electron chi connectivity index (χ1n) is 11.3. The van der Waals surface area contributed by atoms with E-state index in [1.54, 1.807) is 0 Å². The van der Waals surface area contributed by atoms with E-state index in [1.165, 1.54) is 6.42 Å². The third-order valence-corrected chi connectivity index (χ3v) is 10.2. The summed E-state index contributed by atoms with van der Waals surface area (Å²) in [6.45, 7) is 0. The normalized spacial score (nSPS) is 41.0. The summed E-state index contributed by atoms with van der Waals surface area (Å²) < 4.78 is 0. The van der Waals surface area contributed by atoms with Gasteiger partial charge in [-0.1, -0.05) is 0 Å². The van der Waals surface area contributed by atoms with Crippen LogP contribution in [0, 0.1) is 22.7 Å². The van der Waals surface area contributed by atoms with Gasteiger partial charge in [0.1, 0.15) is 0 Å². The summed E-state index contributed by atoms with van der Waals surface area (Å²) in [5.74, 6) is 6.35. The molecule has 4 nitrogen and oxygen atoms in total. The fraction of sp³-hybridized carbons (Fsp3) is 0.909. The van der Waals surface area contributed by atoms with E-state index < -0.39 is 0 Å². The lowest BCUT2D eigenvalue weighted by molar-refractivity contribution is -0.168. The van der Waals surface area contributed by atoms with Crippen molar-refractivity contribution in [2.75, 3.05) is 23.0 Å². The molecule has 156 valence electrons. The summed E-state index contributed by atoms with van der Waals surface area (Å²) in [5.41, 5.74) is -0.539. The summed E-state index contributed by atoms with van der Waals surface area (Å²) >= 11 is 4.00. The van der Waals surface area contributed by atoms with Gasteiger partial charge in [0.15, 0.2) is 0 Å². The zero-order valence-electron chi connectivity index (χ0n) is 16.8. The molecule has 0 spiro atoms. The van der Waals surface area contributed by atoms with Crippen LogP contribution in [0.15, 0.2) is 0 Å². The Bertz CT molecular complexity index is 564. The molecule has 2 amide bonds. The van der Waals surface area contributed by atoms with Crippen LogP contribution in [0.25, 0.3) is 0 Å². The molecule has 0 unspecified atom stereocenters. The van der Waals surface area contributed by atoms with Crippen LogP contribution in [0.1, 0.15) is 64.2 Å². The number of carbonyl (C=O) groups is 2. The number of hydrogen-bond donors (Lipinski definition) is 2. The third kappa shape index (κ3) is 3.61. The van der Waals surface area contributed by atoms with Gasteiger partial charge in [-0.2, -0.15) is 23.5 Å². The highest BCUT2D eigenvalue weighted by Gasteiger charge is 2.63. The number of amides is 2. The minimum Gasteiger partial charge on any atom is -0.353 e.